The molecule has 27 heavy (non-hydrogen) atoms. The molecule has 1 saturated heterocycles. The molecule has 144 valence electrons. The average molecular weight is 378 g/mol. The second-order valence-corrected chi connectivity index (χ2v) is 6.13. The fourth-order valence-electron chi connectivity index (χ4n) is 2.91. The van der Waals surface area contributed by atoms with Crippen molar-refractivity contribution in [3.63, 3.8) is 0 Å². The molecule has 1 fully saturated rings. The summed E-state index contributed by atoms with van der Waals surface area (Å²) in [5, 5.41) is 14.2. The number of hydrogen-bond acceptors (Lipinski definition) is 7. The van der Waals surface area contributed by atoms with E-state index in [1.807, 2.05) is 6.07 Å². The molecule has 0 bridgehead atoms. The standard InChI is InChI=1S/C16H19FN6O4/c1-27-14-3-2-12(8-13(14)17)9-20-4-6-21(7-5-20)15(24)10-22-11-18-16(19-22)23(25)26/h2-3,8,11H,4-7,9-10H2,1H3. The molecular weight excluding hydrogens is 359 g/mol. The maximum absolute atomic E-state index is 13.8. The lowest BCUT2D eigenvalue weighted by molar-refractivity contribution is -0.394. The highest BCUT2D eigenvalue weighted by Crippen LogP contribution is 2.19. The molecule has 3 rings (SSSR count). The van der Waals surface area contributed by atoms with Crippen LogP contribution in [0.1, 0.15) is 5.56 Å². The number of amides is 1. The van der Waals surface area contributed by atoms with Gasteiger partial charge in [0.1, 0.15) is 6.54 Å². The summed E-state index contributed by atoms with van der Waals surface area (Å²) in [6.45, 7) is 2.83. The van der Waals surface area contributed by atoms with Crippen molar-refractivity contribution in [1.29, 1.82) is 0 Å². The van der Waals surface area contributed by atoms with Gasteiger partial charge in [-0.05, 0) is 22.6 Å². The molecule has 0 aliphatic carbocycles. The molecule has 0 saturated carbocycles. The summed E-state index contributed by atoms with van der Waals surface area (Å²) >= 11 is 0. The number of nitrogens with zero attached hydrogens (tertiary/aromatic N) is 6. The van der Waals surface area contributed by atoms with Crippen LogP contribution in [0.3, 0.4) is 0 Å². The topological polar surface area (TPSA) is 107 Å². The van der Waals surface area contributed by atoms with Crippen LogP contribution >= 0.6 is 0 Å². The van der Waals surface area contributed by atoms with Gasteiger partial charge in [0.15, 0.2) is 11.6 Å². The molecule has 1 aromatic carbocycles. The zero-order valence-electron chi connectivity index (χ0n) is 14.7. The Morgan fingerprint density at radius 3 is 2.67 bits per heavy atom. The minimum absolute atomic E-state index is 0.0927. The van der Waals surface area contributed by atoms with E-state index in [0.29, 0.717) is 32.7 Å². The Labute approximate surface area is 154 Å². The van der Waals surface area contributed by atoms with Gasteiger partial charge in [0.2, 0.25) is 12.2 Å². The third-order valence-corrected chi connectivity index (χ3v) is 4.33. The largest absolute Gasteiger partial charge is 0.494 e. The molecule has 0 radical (unpaired) electrons. The molecule has 1 amide bonds. The lowest BCUT2D eigenvalue weighted by Crippen LogP contribution is -2.49. The first kappa shape index (κ1) is 18.7. The summed E-state index contributed by atoms with van der Waals surface area (Å²) in [5.74, 6) is -0.891. The molecule has 10 nitrogen and oxygen atoms in total. The van der Waals surface area contributed by atoms with Gasteiger partial charge in [0, 0.05) is 37.8 Å². The van der Waals surface area contributed by atoms with Gasteiger partial charge in [-0.1, -0.05) is 11.1 Å². The minimum Gasteiger partial charge on any atom is -0.494 e. The Bertz CT molecular complexity index is 834. The van der Waals surface area contributed by atoms with Crippen LogP contribution in [0.2, 0.25) is 0 Å². The van der Waals surface area contributed by atoms with Crippen LogP contribution in [0, 0.1) is 15.9 Å². The van der Waals surface area contributed by atoms with E-state index in [1.54, 1.807) is 11.0 Å². The van der Waals surface area contributed by atoms with E-state index in [-0.39, 0.29) is 18.2 Å². The number of ether oxygens (including phenoxy) is 1. The van der Waals surface area contributed by atoms with Gasteiger partial charge in [-0.2, -0.15) is 4.68 Å². The number of benzene rings is 1. The van der Waals surface area contributed by atoms with Crippen LogP contribution in [0.5, 0.6) is 5.75 Å². The highest BCUT2D eigenvalue weighted by Gasteiger charge is 2.23. The Kier molecular flexibility index (Phi) is 5.60. The fourth-order valence-corrected chi connectivity index (χ4v) is 2.91. The number of halogens is 1. The van der Waals surface area contributed by atoms with Gasteiger partial charge in [-0.15, -0.1) is 0 Å². The third-order valence-electron chi connectivity index (χ3n) is 4.33. The summed E-state index contributed by atoms with van der Waals surface area (Å²) < 4.78 is 19.9. The summed E-state index contributed by atoms with van der Waals surface area (Å²) in [7, 11) is 1.42. The van der Waals surface area contributed by atoms with Crippen molar-refractivity contribution in [2.75, 3.05) is 33.3 Å². The quantitative estimate of drug-likeness (QED) is 0.537. The molecule has 1 aliphatic heterocycles. The minimum atomic E-state index is -0.707. The Morgan fingerprint density at radius 1 is 1.33 bits per heavy atom. The predicted octanol–water partition coefficient (Wildman–Crippen LogP) is 0.678. The van der Waals surface area contributed by atoms with Crippen LogP contribution in [0.25, 0.3) is 0 Å². The highest BCUT2D eigenvalue weighted by molar-refractivity contribution is 5.76. The third kappa shape index (κ3) is 4.56. The molecule has 2 aromatic rings. The number of carbonyl (C=O) groups is 1. The lowest BCUT2D eigenvalue weighted by atomic mass is 10.2. The van der Waals surface area contributed by atoms with Gasteiger partial charge >= 0.3 is 5.95 Å². The molecule has 1 aliphatic rings. The zero-order valence-corrected chi connectivity index (χ0v) is 14.7. The summed E-state index contributed by atoms with van der Waals surface area (Å²) in [6.07, 6.45) is 1.17. The SMILES string of the molecule is COc1ccc(CN2CCN(C(=O)Cn3cnc([N+](=O)[O-])n3)CC2)cc1F. The molecule has 0 N–H and O–H groups in total. The van der Waals surface area contributed by atoms with Crippen molar-refractivity contribution < 1.29 is 18.8 Å². The highest BCUT2D eigenvalue weighted by atomic mass is 19.1. The van der Waals surface area contributed by atoms with E-state index in [2.05, 4.69) is 15.0 Å². The smallest absolute Gasteiger partial charge is 0.490 e. The van der Waals surface area contributed by atoms with Crippen molar-refractivity contribution in [1.82, 2.24) is 24.6 Å². The van der Waals surface area contributed by atoms with E-state index in [9.17, 15) is 19.3 Å². The first-order chi connectivity index (χ1) is 13.0. The molecule has 2 heterocycles. The molecule has 0 atom stereocenters. The first-order valence-corrected chi connectivity index (χ1v) is 8.32. The van der Waals surface area contributed by atoms with E-state index in [4.69, 9.17) is 4.74 Å². The maximum Gasteiger partial charge on any atom is 0.490 e. The molecule has 0 spiro atoms. The Hall–Kier alpha value is -3.08. The number of rotatable bonds is 6. The number of nitro groups is 1. The fraction of sp³-hybridized carbons (Fsp3) is 0.438. The predicted molar refractivity (Wildman–Crippen MR) is 91.5 cm³/mol. The lowest BCUT2D eigenvalue weighted by Gasteiger charge is -2.34. The molecule has 11 heteroatoms. The number of carbonyl (C=O) groups excluding carboxylic acids is 1. The second-order valence-electron chi connectivity index (χ2n) is 6.13. The summed E-state index contributed by atoms with van der Waals surface area (Å²) in [6, 6.07) is 4.87. The molecule has 1 aromatic heterocycles. The van der Waals surface area contributed by atoms with Crippen LogP contribution in [0.15, 0.2) is 24.5 Å². The molecule has 0 unspecified atom stereocenters. The van der Waals surface area contributed by atoms with Crippen LogP contribution in [-0.2, 0) is 17.9 Å². The summed E-state index contributed by atoms with van der Waals surface area (Å²) in [5.41, 5.74) is 0.836. The number of piperazine rings is 1. The second kappa shape index (κ2) is 8.08. The van der Waals surface area contributed by atoms with Crippen LogP contribution in [-0.4, -0.2) is 68.7 Å². The van der Waals surface area contributed by atoms with Crippen molar-refractivity contribution in [2.45, 2.75) is 13.1 Å². The number of aromatic nitrogens is 3. The Morgan fingerprint density at radius 2 is 2.07 bits per heavy atom. The molecular formula is C16H19FN6O4. The first-order valence-electron chi connectivity index (χ1n) is 8.32. The number of methoxy groups -OCH3 is 1. The zero-order chi connectivity index (χ0) is 19.4. The average Bonchev–Trinajstić information content (AvgIpc) is 3.11. The van der Waals surface area contributed by atoms with E-state index in [1.165, 1.54) is 19.5 Å². The normalized spacial score (nSPS) is 15.0. The van der Waals surface area contributed by atoms with E-state index >= 15 is 0 Å². The van der Waals surface area contributed by atoms with E-state index in [0.717, 1.165) is 10.2 Å². The van der Waals surface area contributed by atoms with Crippen molar-refractivity contribution in [3.8, 4) is 5.75 Å². The van der Waals surface area contributed by atoms with Gasteiger partial charge in [-0.25, -0.2) is 4.39 Å². The monoisotopic (exact) mass is 378 g/mol. The van der Waals surface area contributed by atoms with Gasteiger partial charge in [0.05, 0.1) is 7.11 Å². The van der Waals surface area contributed by atoms with Crippen molar-refractivity contribution in [3.05, 3.63) is 46.0 Å². The Balaban J connectivity index is 1.50. The summed E-state index contributed by atoms with van der Waals surface area (Å²) in [4.78, 5) is 29.5. The van der Waals surface area contributed by atoms with Gasteiger partial charge < -0.3 is 19.8 Å². The van der Waals surface area contributed by atoms with Crippen LogP contribution < -0.4 is 4.74 Å². The van der Waals surface area contributed by atoms with Crippen LogP contribution in [0.4, 0.5) is 10.3 Å². The van der Waals surface area contributed by atoms with Gasteiger partial charge in [-0.3, -0.25) is 9.69 Å². The van der Waals surface area contributed by atoms with Crippen molar-refractivity contribution >= 4 is 11.9 Å². The van der Waals surface area contributed by atoms with Crippen molar-refractivity contribution in [2.24, 2.45) is 0 Å². The van der Waals surface area contributed by atoms with Gasteiger partial charge in [0.25, 0.3) is 0 Å². The van der Waals surface area contributed by atoms with E-state index < -0.39 is 16.7 Å². The number of hydrogen-bond donors (Lipinski definition) is 0. The maximum atomic E-state index is 13.8.